The van der Waals surface area contributed by atoms with Gasteiger partial charge in [0.25, 0.3) is 0 Å². The van der Waals surface area contributed by atoms with Gasteiger partial charge < -0.3 is 4.74 Å². The van der Waals surface area contributed by atoms with Gasteiger partial charge in [0.1, 0.15) is 0 Å². The molecule has 24 heavy (non-hydrogen) atoms. The minimum Gasteiger partial charge on any atom is -0.377 e. The fraction of sp³-hybridized carbons (Fsp3) is 0.826. The Morgan fingerprint density at radius 1 is 0.792 bits per heavy atom. The quantitative estimate of drug-likeness (QED) is 0.311. The van der Waals surface area contributed by atoms with Crippen molar-refractivity contribution >= 4 is 0 Å². The Hall–Kier alpha value is -0.560. The standard InChI is InChI=1S/C23H40O/c1-3-5-6-7-20-8-10-21(11-9-20)12-13-22-14-16-23(17-15-22)19-24-18-4-2/h3-5,20-23H,2,6-19H2,1H3/b5-3+. The van der Waals surface area contributed by atoms with Crippen LogP contribution in [-0.2, 0) is 4.74 Å². The van der Waals surface area contributed by atoms with Gasteiger partial charge in [-0.15, -0.1) is 6.58 Å². The van der Waals surface area contributed by atoms with Crippen LogP contribution in [-0.4, -0.2) is 13.2 Å². The molecule has 0 aromatic rings. The molecule has 0 spiro atoms. The average molecular weight is 333 g/mol. The molecule has 0 unspecified atom stereocenters. The molecule has 0 aliphatic heterocycles. The second-order valence-electron chi connectivity index (χ2n) is 8.32. The molecule has 2 aliphatic carbocycles. The molecule has 1 heteroatoms. The van der Waals surface area contributed by atoms with Gasteiger partial charge >= 0.3 is 0 Å². The summed E-state index contributed by atoms with van der Waals surface area (Å²) in [6, 6.07) is 0. The van der Waals surface area contributed by atoms with Crippen LogP contribution in [0.4, 0.5) is 0 Å². The lowest BCUT2D eigenvalue weighted by atomic mass is 9.75. The van der Waals surface area contributed by atoms with E-state index in [1.807, 2.05) is 6.08 Å². The molecule has 0 radical (unpaired) electrons. The first-order valence-electron chi connectivity index (χ1n) is 10.6. The zero-order chi connectivity index (χ0) is 17.0. The molecule has 2 saturated carbocycles. The number of hydrogen-bond donors (Lipinski definition) is 0. The summed E-state index contributed by atoms with van der Waals surface area (Å²) >= 11 is 0. The fourth-order valence-electron chi connectivity index (χ4n) is 4.78. The van der Waals surface area contributed by atoms with Crippen molar-refractivity contribution in [3.8, 4) is 0 Å². The maximum atomic E-state index is 5.64. The molecule has 0 amide bonds. The lowest BCUT2D eigenvalue weighted by molar-refractivity contribution is 0.0936. The first-order chi connectivity index (χ1) is 11.8. The molecular formula is C23H40O. The number of allylic oxidation sites excluding steroid dienone is 2. The van der Waals surface area contributed by atoms with E-state index in [1.54, 1.807) is 0 Å². The number of ether oxygens (including phenoxy) is 1. The van der Waals surface area contributed by atoms with Gasteiger partial charge in [-0.2, -0.15) is 0 Å². The first-order valence-corrected chi connectivity index (χ1v) is 10.6. The van der Waals surface area contributed by atoms with Crippen molar-refractivity contribution in [3.05, 3.63) is 24.8 Å². The minimum atomic E-state index is 0.720. The van der Waals surface area contributed by atoms with E-state index in [1.165, 1.54) is 77.0 Å². The van der Waals surface area contributed by atoms with Gasteiger partial charge in [0.15, 0.2) is 0 Å². The zero-order valence-electron chi connectivity index (χ0n) is 16.1. The summed E-state index contributed by atoms with van der Waals surface area (Å²) in [7, 11) is 0. The van der Waals surface area contributed by atoms with E-state index in [0.29, 0.717) is 0 Å². The van der Waals surface area contributed by atoms with E-state index in [9.17, 15) is 0 Å². The van der Waals surface area contributed by atoms with Gasteiger partial charge in [-0.1, -0.05) is 69.6 Å². The van der Waals surface area contributed by atoms with Crippen molar-refractivity contribution in [2.45, 2.75) is 84.0 Å². The van der Waals surface area contributed by atoms with Crippen LogP contribution in [0.25, 0.3) is 0 Å². The first kappa shape index (κ1) is 19.8. The van der Waals surface area contributed by atoms with Gasteiger partial charge in [0.2, 0.25) is 0 Å². The van der Waals surface area contributed by atoms with Gasteiger partial charge in [-0.3, -0.25) is 0 Å². The summed E-state index contributed by atoms with van der Waals surface area (Å²) in [6.45, 7) is 7.53. The molecule has 0 saturated heterocycles. The number of rotatable bonds is 10. The maximum Gasteiger partial charge on any atom is 0.0644 e. The molecular weight excluding hydrogens is 292 g/mol. The van der Waals surface area contributed by atoms with Crippen LogP contribution in [0.5, 0.6) is 0 Å². The topological polar surface area (TPSA) is 9.23 Å². The maximum absolute atomic E-state index is 5.64. The zero-order valence-corrected chi connectivity index (χ0v) is 16.1. The molecule has 1 nitrogen and oxygen atoms in total. The van der Waals surface area contributed by atoms with E-state index < -0.39 is 0 Å². The fourth-order valence-corrected chi connectivity index (χ4v) is 4.78. The van der Waals surface area contributed by atoms with Gasteiger partial charge in [0, 0.05) is 6.61 Å². The Bertz CT molecular complexity index is 343. The van der Waals surface area contributed by atoms with Crippen molar-refractivity contribution in [3.63, 3.8) is 0 Å². The van der Waals surface area contributed by atoms with E-state index >= 15 is 0 Å². The van der Waals surface area contributed by atoms with Gasteiger partial charge in [-0.25, -0.2) is 0 Å². The highest BCUT2D eigenvalue weighted by Crippen LogP contribution is 2.37. The average Bonchev–Trinajstić information content (AvgIpc) is 2.63. The monoisotopic (exact) mass is 332 g/mol. The second-order valence-corrected chi connectivity index (χ2v) is 8.32. The molecule has 138 valence electrons. The smallest absolute Gasteiger partial charge is 0.0644 e. The Kier molecular flexibility index (Phi) is 9.80. The summed E-state index contributed by atoms with van der Waals surface area (Å²) in [4.78, 5) is 0. The van der Waals surface area contributed by atoms with E-state index in [-0.39, 0.29) is 0 Å². The highest BCUT2D eigenvalue weighted by atomic mass is 16.5. The molecule has 0 aromatic heterocycles. The summed E-state index contributed by atoms with van der Waals surface area (Å²) in [6.07, 6.45) is 23.8. The summed E-state index contributed by atoms with van der Waals surface area (Å²) in [5.74, 6) is 3.88. The molecule has 0 aromatic carbocycles. The highest BCUT2D eigenvalue weighted by Gasteiger charge is 2.24. The van der Waals surface area contributed by atoms with E-state index in [0.717, 1.165) is 36.9 Å². The Morgan fingerprint density at radius 2 is 1.29 bits per heavy atom. The third-order valence-corrected chi connectivity index (χ3v) is 6.48. The molecule has 0 N–H and O–H groups in total. The summed E-state index contributed by atoms with van der Waals surface area (Å²) < 4.78 is 5.64. The third kappa shape index (κ3) is 7.55. The van der Waals surface area contributed by atoms with E-state index in [2.05, 4.69) is 25.7 Å². The van der Waals surface area contributed by atoms with Crippen molar-refractivity contribution in [1.82, 2.24) is 0 Å². The largest absolute Gasteiger partial charge is 0.377 e. The van der Waals surface area contributed by atoms with Crippen molar-refractivity contribution in [1.29, 1.82) is 0 Å². The van der Waals surface area contributed by atoms with Crippen LogP contribution in [0.3, 0.4) is 0 Å². The van der Waals surface area contributed by atoms with Crippen LogP contribution in [0.2, 0.25) is 0 Å². The van der Waals surface area contributed by atoms with Crippen LogP contribution in [0.15, 0.2) is 24.8 Å². The lowest BCUT2D eigenvalue weighted by Gasteiger charge is -2.32. The van der Waals surface area contributed by atoms with Gasteiger partial charge in [0.05, 0.1) is 6.61 Å². The lowest BCUT2D eigenvalue weighted by Crippen LogP contribution is -2.20. The molecule has 0 bridgehead atoms. The highest BCUT2D eigenvalue weighted by molar-refractivity contribution is 4.81. The Balaban J connectivity index is 1.51. The molecule has 2 rings (SSSR count). The molecule has 2 aliphatic rings. The van der Waals surface area contributed by atoms with Crippen LogP contribution < -0.4 is 0 Å². The summed E-state index contributed by atoms with van der Waals surface area (Å²) in [5, 5.41) is 0. The van der Waals surface area contributed by atoms with E-state index in [4.69, 9.17) is 4.74 Å². The molecule has 2 fully saturated rings. The third-order valence-electron chi connectivity index (χ3n) is 6.48. The Labute approximate surface area is 150 Å². The van der Waals surface area contributed by atoms with Crippen LogP contribution in [0.1, 0.15) is 84.0 Å². The second kappa shape index (κ2) is 11.9. The molecule has 0 atom stereocenters. The van der Waals surface area contributed by atoms with Gasteiger partial charge in [-0.05, 0) is 56.3 Å². The van der Waals surface area contributed by atoms with Crippen LogP contribution >= 0.6 is 0 Å². The summed E-state index contributed by atoms with van der Waals surface area (Å²) in [5.41, 5.74) is 0. The minimum absolute atomic E-state index is 0.720. The predicted molar refractivity (Wildman–Crippen MR) is 105 cm³/mol. The van der Waals surface area contributed by atoms with Crippen molar-refractivity contribution < 1.29 is 4.74 Å². The normalized spacial score (nSPS) is 31.4. The van der Waals surface area contributed by atoms with Crippen molar-refractivity contribution in [2.75, 3.05) is 13.2 Å². The SMILES string of the molecule is C=CCOCC1CCC(CCC2CCC(CC/C=C/C)CC2)CC1. The predicted octanol–water partition coefficient (Wildman–Crippen LogP) is 6.94. The molecule has 0 heterocycles. The number of hydrogen-bond acceptors (Lipinski definition) is 1. The van der Waals surface area contributed by atoms with Crippen molar-refractivity contribution in [2.24, 2.45) is 23.7 Å². The Morgan fingerprint density at radius 3 is 1.79 bits per heavy atom. The van der Waals surface area contributed by atoms with Crippen LogP contribution in [0, 0.1) is 23.7 Å².